The highest BCUT2D eigenvalue weighted by Gasteiger charge is 2.22. The lowest BCUT2D eigenvalue weighted by molar-refractivity contribution is -0.137. The van der Waals surface area contributed by atoms with Crippen LogP contribution in [0.4, 0.5) is 5.82 Å². The predicted molar refractivity (Wildman–Crippen MR) is 137 cm³/mol. The van der Waals surface area contributed by atoms with Crippen molar-refractivity contribution in [3.63, 3.8) is 0 Å². The Morgan fingerprint density at radius 2 is 2.20 bits per heavy atom. The molecule has 8 nitrogen and oxygen atoms in total. The Morgan fingerprint density at radius 1 is 1.31 bits per heavy atom. The number of ether oxygens (including phenoxy) is 1. The third kappa shape index (κ3) is 8.38. The minimum Gasteiger partial charge on any atom is -0.481 e. The van der Waals surface area contributed by atoms with Crippen LogP contribution in [0.1, 0.15) is 55.3 Å². The third-order valence-electron chi connectivity index (χ3n) is 6.28. The number of fused-ring (bicyclic) bond motifs is 1. The minimum absolute atomic E-state index is 0.0534. The van der Waals surface area contributed by atoms with E-state index in [1.807, 2.05) is 12.1 Å². The number of carbonyl (C=O) groups is 1. The van der Waals surface area contributed by atoms with Crippen molar-refractivity contribution >= 4 is 18.0 Å². The van der Waals surface area contributed by atoms with Crippen LogP contribution in [0, 0.1) is 5.92 Å². The maximum atomic E-state index is 11.3. The summed E-state index contributed by atoms with van der Waals surface area (Å²) in [7, 11) is 0. The van der Waals surface area contributed by atoms with E-state index in [-0.39, 0.29) is 12.5 Å². The van der Waals surface area contributed by atoms with Crippen molar-refractivity contribution in [2.45, 2.75) is 63.8 Å². The number of rotatable bonds is 13. The molecule has 0 spiro atoms. The summed E-state index contributed by atoms with van der Waals surface area (Å²) < 4.78 is 5.67. The highest BCUT2D eigenvalue weighted by Crippen LogP contribution is 2.29. The number of aryl methyl sites for hydroxylation is 2. The van der Waals surface area contributed by atoms with Gasteiger partial charge in [-0.1, -0.05) is 12.1 Å². The molecule has 0 radical (unpaired) electrons. The van der Waals surface area contributed by atoms with Crippen LogP contribution in [0.5, 0.6) is 5.88 Å². The highest BCUT2D eigenvalue weighted by atomic mass is 16.5. The lowest BCUT2D eigenvalue weighted by Crippen LogP contribution is -2.15. The van der Waals surface area contributed by atoms with Gasteiger partial charge < -0.3 is 20.9 Å². The number of nitrogens with two attached hydrogens (primary N) is 1. The molecule has 2 aromatic rings. The van der Waals surface area contributed by atoms with E-state index >= 15 is 0 Å². The standard InChI is InChI=1S/C27H35N5O3/c28-22(4-1-5-23-10-9-21-3-2-13-30-27(21)32-23)12-14-29-24(16-26(33)34)15-20-8-11-25(31-17-20)35-18-19-6-7-19/h8-12,14,17,19,24H,1-7,13,15-16,18,28H2,(H,30,32)(H,33,34). The van der Waals surface area contributed by atoms with Gasteiger partial charge in [-0.25, -0.2) is 9.97 Å². The summed E-state index contributed by atoms with van der Waals surface area (Å²) in [5, 5.41) is 12.7. The van der Waals surface area contributed by atoms with Crippen molar-refractivity contribution < 1.29 is 14.6 Å². The third-order valence-corrected chi connectivity index (χ3v) is 6.28. The molecule has 186 valence electrons. The van der Waals surface area contributed by atoms with E-state index in [1.54, 1.807) is 18.5 Å². The van der Waals surface area contributed by atoms with Crippen LogP contribution in [0.3, 0.4) is 0 Å². The Morgan fingerprint density at radius 3 is 2.97 bits per heavy atom. The van der Waals surface area contributed by atoms with Crippen LogP contribution in [0.25, 0.3) is 0 Å². The van der Waals surface area contributed by atoms with E-state index in [4.69, 9.17) is 15.5 Å². The van der Waals surface area contributed by atoms with Gasteiger partial charge in [0.25, 0.3) is 0 Å². The summed E-state index contributed by atoms with van der Waals surface area (Å²) in [5.41, 5.74) is 10.2. The molecule has 1 unspecified atom stereocenters. The quantitative estimate of drug-likeness (QED) is 0.373. The van der Waals surface area contributed by atoms with Crippen LogP contribution in [0.15, 0.2) is 47.2 Å². The number of allylic oxidation sites excluding steroid dienone is 2. The zero-order valence-corrected chi connectivity index (χ0v) is 20.2. The minimum atomic E-state index is -0.881. The number of pyridine rings is 2. The molecule has 0 amide bonds. The maximum Gasteiger partial charge on any atom is 0.305 e. The summed E-state index contributed by atoms with van der Waals surface area (Å²) in [6.07, 6.45) is 12.8. The first-order valence-electron chi connectivity index (χ1n) is 12.5. The van der Waals surface area contributed by atoms with E-state index in [9.17, 15) is 9.90 Å². The van der Waals surface area contributed by atoms with Gasteiger partial charge in [0.1, 0.15) is 5.82 Å². The number of hydrogen-bond donors (Lipinski definition) is 3. The SMILES string of the molecule is NC(=CC=NC(CC(=O)O)Cc1ccc(OCC2CC2)nc1)CCCc1ccc2c(n1)NCCC2. The monoisotopic (exact) mass is 477 g/mol. The molecule has 0 aromatic carbocycles. The first-order chi connectivity index (χ1) is 17.0. The molecule has 2 aliphatic rings. The van der Waals surface area contributed by atoms with Crippen molar-refractivity contribution in [1.82, 2.24) is 9.97 Å². The number of nitrogens with zero attached hydrogens (tertiary/aromatic N) is 3. The molecule has 8 heteroatoms. The number of nitrogens with one attached hydrogen (secondary N) is 1. The molecule has 0 saturated heterocycles. The predicted octanol–water partition coefficient (Wildman–Crippen LogP) is 3.95. The molecular formula is C27H35N5O3. The number of carboxylic acid groups (broad SMARTS) is 1. The molecule has 0 bridgehead atoms. The number of aliphatic imine (C=N–C) groups is 1. The number of carboxylic acids is 1. The molecule has 4 rings (SSSR count). The van der Waals surface area contributed by atoms with Gasteiger partial charge in [0, 0.05) is 36.4 Å². The summed E-state index contributed by atoms with van der Waals surface area (Å²) in [5.74, 6) is 1.42. The van der Waals surface area contributed by atoms with Gasteiger partial charge in [-0.15, -0.1) is 0 Å². The van der Waals surface area contributed by atoms with Crippen molar-refractivity contribution in [3.05, 3.63) is 59.1 Å². The van der Waals surface area contributed by atoms with Crippen molar-refractivity contribution in [2.75, 3.05) is 18.5 Å². The van der Waals surface area contributed by atoms with Gasteiger partial charge in [-0.2, -0.15) is 0 Å². The molecule has 1 aliphatic carbocycles. The van der Waals surface area contributed by atoms with Gasteiger partial charge in [-0.05, 0) is 80.6 Å². The van der Waals surface area contributed by atoms with Gasteiger partial charge in [0.05, 0.1) is 19.1 Å². The molecule has 1 saturated carbocycles. The second kappa shape index (κ2) is 12.3. The average molecular weight is 478 g/mol. The summed E-state index contributed by atoms with van der Waals surface area (Å²) in [4.78, 5) is 24.8. The molecule has 1 aliphatic heterocycles. The van der Waals surface area contributed by atoms with Crippen LogP contribution in [-0.4, -0.2) is 46.5 Å². The lowest BCUT2D eigenvalue weighted by atomic mass is 10.1. The van der Waals surface area contributed by atoms with E-state index in [2.05, 4.69) is 27.4 Å². The van der Waals surface area contributed by atoms with E-state index in [0.717, 1.165) is 61.4 Å². The Balaban J connectivity index is 1.24. The lowest BCUT2D eigenvalue weighted by Gasteiger charge is -2.17. The summed E-state index contributed by atoms with van der Waals surface area (Å²) in [6.45, 7) is 1.70. The van der Waals surface area contributed by atoms with E-state index < -0.39 is 5.97 Å². The van der Waals surface area contributed by atoms with Crippen LogP contribution in [0.2, 0.25) is 0 Å². The Hall–Kier alpha value is -3.42. The molecule has 35 heavy (non-hydrogen) atoms. The zero-order valence-electron chi connectivity index (χ0n) is 20.2. The molecule has 4 N–H and O–H groups in total. The first-order valence-corrected chi connectivity index (χ1v) is 12.5. The van der Waals surface area contributed by atoms with Gasteiger partial charge in [0.2, 0.25) is 5.88 Å². The molecule has 2 aromatic heterocycles. The maximum absolute atomic E-state index is 11.3. The Bertz CT molecular complexity index is 1050. The summed E-state index contributed by atoms with van der Waals surface area (Å²) >= 11 is 0. The topological polar surface area (TPSA) is 123 Å². The first kappa shape index (κ1) is 24.7. The second-order valence-corrected chi connectivity index (χ2v) is 9.45. The van der Waals surface area contributed by atoms with Crippen molar-refractivity contribution in [3.8, 4) is 5.88 Å². The van der Waals surface area contributed by atoms with Gasteiger partial charge in [0.15, 0.2) is 0 Å². The van der Waals surface area contributed by atoms with E-state index in [0.29, 0.717) is 24.8 Å². The molecule has 1 fully saturated rings. The number of anilines is 1. The normalized spacial score (nSPS) is 16.5. The Kier molecular flexibility index (Phi) is 8.70. The fraction of sp³-hybridized carbons (Fsp3) is 0.481. The van der Waals surface area contributed by atoms with E-state index in [1.165, 1.54) is 18.4 Å². The fourth-order valence-corrected chi connectivity index (χ4v) is 4.08. The molecule has 1 atom stereocenters. The van der Waals surface area contributed by atoms with Gasteiger partial charge >= 0.3 is 5.97 Å². The second-order valence-electron chi connectivity index (χ2n) is 9.45. The number of aromatic nitrogens is 2. The summed E-state index contributed by atoms with van der Waals surface area (Å²) in [6, 6.07) is 7.65. The van der Waals surface area contributed by atoms with Crippen molar-refractivity contribution in [2.24, 2.45) is 16.6 Å². The van der Waals surface area contributed by atoms with Crippen LogP contribution < -0.4 is 15.8 Å². The Labute approximate surface area is 206 Å². The number of hydrogen-bond acceptors (Lipinski definition) is 7. The largest absolute Gasteiger partial charge is 0.481 e. The highest BCUT2D eigenvalue weighted by molar-refractivity contribution is 5.73. The zero-order chi connectivity index (χ0) is 24.5. The average Bonchev–Trinajstić information content (AvgIpc) is 3.68. The van der Waals surface area contributed by atoms with Gasteiger partial charge in [-0.3, -0.25) is 9.79 Å². The van der Waals surface area contributed by atoms with Crippen molar-refractivity contribution in [1.29, 1.82) is 0 Å². The number of aliphatic carboxylic acids is 1. The van der Waals surface area contributed by atoms with Crippen LogP contribution in [-0.2, 0) is 24.1 Å². The molecule has 3 heterocycles. The molecular weight excluding hydrogens is 442 g/mol. The smallest absolute Gasteiger partial charge is 0.305 e. The fourth-order valence-electron chi connectivity index (χ4n) is 4.08. The van der Waals surface area contributed by atoms with Crippen LogP contribution >= 0.6 is 0 Å².